The van der Waals surface area contributed by atoms with Crippen LogP contribution in [0.25, 0.3) is 16.9 Å². The lowest BCUT2D eigenvalue weighted by molar-refractivity contribution is 0.253. The van der Waals surface area contributed by atoms with Crippen LogP contribution in [0.1, 0.15) is 33.1 Å². The van der Waals surface area contributed by atoms with Gasteiger partial charge in [-0.3, -0.25) is 4.40 Å². The Bertz CT molecular complexity index is 840. The summed E-state index contributed by atoms with van der Waals surface area (Å²) < 4.78 is 2.10. The highest BCUT2D eigenvalue weighted by molar-refractivity contribution is 7.08. The standard InChI is InChI=1S/C19H22ClN3S/c1-12-4-3-5-16(13(12)2)21-19-18(14-8-9-24-11-14)22-17-7-6-15(20)10-23(17)19/h6-13,16,21H,3-5H2,1-2H3/t12-,13+,16-/m1/s1. The van der Waals surface area contributed by atoms with Crippen LogP contribution >= 0.6 is 22.9 Å². The first kappa shape index (κ1) is 16.0. The van der Waals surface area contributed by atoms with Gasteiger partial charge in [-0.05, 0) is 41.8 Å². The number of anilines is 1. The number of fused-ring (bicyclic) bond motifs is 1. The second-order valence-corrected chi connectivity index (χ2v) is 8.13. The van der Waals surface area contributed by atoms with E-state index in [0.717, 1.165) is 28.1 Å². The molecule has 1 saturated carbocycles. The zero-order valence-corrected chi connectivity index (χ0v) is 15.6. The highest BCUT2D eigenvalue weighted by Gasteiger charge is 2.28. The summed E-state index contributed by atoms with van der Waals surface area (Å²) in [5.41, 5.74) is 3.11. The van der Waals surface area contributed by atoms with Gasteiger partial charge in [0.15, 0.2) is 0 Å². The zero-order valence-electron chi connectivity index (χ0n) is 14.0. The summed E-state index contributed by atoms with van der Waals surface area (Å²) in [6.45, 7) is 4.73. The molecule has 0 aromatic carbocycles. The van der Waals surface area contributed by atoms with E-state index in [9.17, 15) is 0 Å². The van der Waals surface area contributed by atoms with E-state index in [1.807, 2.05) is 18.3 Å². The lowest BCUT2D eigenvalue weighted by Gasteiger charge is -2.35. The number of nitrogens with zero attached hydrogens (tertiary/aromatic N) is 2. The van der Waals surface area contributed by atoms with Gasteiger partial charge in [-0.1, -0.05) is 38.3 Å². The zero-order chi connectivity index (χ0) is 16.7. The molecule has 4 rings (SSSR count). The van der Waals surface area contributed by atoms with Crippen molar-refractivity contribution in [1.29, 1.82) is 0 Å². The quantitative estimate of drug-likeness (QED) is 0.625. The summed E-state index contributed by atoms with van der Waals surface area (Å²) in [5, 5.41) is 8.79. The molecule has 0 radical (unpaired) electrons. The normalized spacial score (nSPS) is 24.4. The summed E-state index contributed by atoms with van der Waals surface area (Å²) in [4.78, 5) is 4.85. The van der Waals surface area contributed by atoms with Crippen molar-refractivity contribution in [3.63, 3.8) is 0 Å². The minimum atomic E-state index is 0.477. The van der Waals surface area contributed by atoms with Crippen molar-refractivity contribution in [3.8, 4) is 11.3 Å². The molecule has 0 aliphatic heterocycles. The van der Waals surface area contributed by atoms with Gasteiger partial charge in [0.25, 0.3) is 0 Å². The number of halogens is 1. The summed E-state index contributed by atoms with van der Waals surface area (Å²) in [6.07, 6.45) is 5.78. The van der Waals surface area contributed by atoms with Crippen LogP contribution in [0.5, 0.6) is 0 Å². The van der Waals surface area contributed by atoms with Crippen molar-refractivity contribution in [1.82, 2.24) is 9.38 Å². The van der Waals surface area contributed by atoms with E-state index < -0.39 is 0 Å². The Morgan fingerprint density at radius 1 is 1.25 bits per heavy atom. The van der Waals surface area contributed by atoms with Crippen molar-refractivity contribution in [2.45, 2.75) is 39.2 Å². The number of imidazole rings is 1. The highest BCUT2D eigenvalue weighted by atomic mass is 35.5. The molecule has 0 bridgehead atoms. The van der Waals surface area contributed by atoms with Crippen LogP contribution < -0.4 is 5.32 Å². The maximum atomic E-state index is 6.25. The van der Waals surface area contributed by atoms with Crippen molar-refractivity contribution in [2.24, 2.45) is 11.8 Å². The smallest absolute Gasteiger partial charge is 0.139 e. The molecule has 0 unspecified atom stereocenters. The van der Waals surface area contributed by atoms with Crippen molar-refractivity contribution in [3.05, 3.63) is 40.2 Å². The summed E-state index contributed by atoms with van der Waals surface area (Å²) in [6, 6.07) is 6.49. The van der Waals surface area contributed by atoms with Crippen LogP contribution in [-0.2, 0) is 0 Å². The van der Waals surface area contributed by atoms with E-state index in [0.29, 0.717) is 12.0 Å². The van der Waals surface area contributed by atoms with Gasteiger partial charge in [0.1, 0.15) is 17.2 Å². The first-order chi connectivity index (χ1) is 11.6. The summed E-state index contributed by atoms with van der Waals surface area (Å²) in [5.74, 6) is 2.47. The fourth-order valence-corrected chi connectivity index (χ4v) is 4.52. The van der Waals surface area contributed by atoms with E-state index in [4.69, 9.17) is 16.6 Å². The number of nitrogens with one attached hydrogen (secondary N) is 1. The predicted molar refractivity (Wildman–Crippen MR) is 103 cm³/mol. The van der Waals surface area contributed by atoms with Crippen LogP contribution in [0.2, 0.25) is 5.02 Å². The van der Waals surface area contributed by atoms with Crippen molar-refractivity contribution >= 4 is 34.4 Å². The minimum Gasteiger partial charge on any atom is -0.366 e. The molecular weight excluding hydrogens is 338 g/mol. The Labute approximate surface area is 151 Å². The SMILES string of the molecule is C[C@H]1[C@H](C)CCC[C@H]1Nc1c(-c2ccsc2)nc2ccc(Cl)cn12. The molecule has 0 amide bonds. The molecule has 1 N–H and O–H groups in total. The minimum absolute atomic E-state index is 0.477. The molecule has 3 nitrogen and oxygen atoms in total. The lowest BCUT2D eigenvalue weighted by Crippen LogP contribution is -2.35. The maximum absolute atomic E-state index is 6.25. The van der Waals surface area contributed by atoms with E-state index in [1.165, 1.54) is 24.8 Å². The first-order valence-electron chi connectivity index (χ1n) is 8.60. The molecule has 3 heterocycles. The van der Waals surface area contributed by atoms with Crippen molar-refractivity contribution in [2.75, 3.05) is 5.32 Å². The topological polar surface area (TPSA) is 29.3 Å². The van der Waals surface area contributed by atoms with Gasteiger partial charge < -0.3 is 5.32 Å². The van der Waals surface area contributed by atoms with E-state index in [2.05, 4.69) is 40.4 Å². The summed E-state index contributed by atoms with van der Waals surface area (Å²) >= 11 is 7.95. The number of hydrogen-bond donors (Lipinski definition) is 1. The average Bonchev–Trinajstić information content (AvgIpc) is 3.20. The second-order valence-electron chi connectivity index (χ2n) is 6.91. The third kappa shape index (κ3) is 2.82. The molecule has 0 spiro atoms. The first-order valence-corrected chi connectivity index (χ1v) is 9.92. The molecule has 3 aromatic heterocycles. The van der Waals surface area contributed by atoms with Crippen LogP contribution in [-0.4, -0.2) is 15.4 Å². The molecular formula is C19H22ClN3S. The molecule has 3 aromatic rings. The molecule has 1 aliphatic rings. The molecule has 5 heteroatoms. The van der Waals surface area contributed by atoms with Crippen LogP contribution in [0, 0.1) is 11.8 Å². The Hall–Kier alpha value is -1.52. The second kappa shape index (κ2) is 6.41. The van der Waals surface area contributed by atoms with E-state index in [1.54, 1.807) is 11.3 Å². The Balaban J connectivity index is 1.80. The van der Waals surface area contributed by atoms with Gasteiger partial charge in [0, 0.05) is 23.2 Å². The van der Waals surface area contributed by atoms with Gasteiger partial charge in [0.2, 0.25) is 0 Å². The van der Waals surface area contributed by atoms with Gasteiger partial charge in [0.05, 0.1) is 5.02 Å². The highest BCUT2D eigenvalue weighted by Crippen LogP contribution is 2.36. The van der Waals surface area contributed by atoms with Crippen LogP contribution in [0.4, 0.5) is 5.82 Å². The average molecular weight is 360 g/mol. The fraction of sp³-hybridized carbons (Fsp3) is 0.421. The molecule has 0 saturated heterocycles. The van der Waals surface area contributed by atoms with Gasteiger partial charge in [-0.25, -0.2) is 4.98 Å². The monoisotopic (exact) mass is 359 g/mol. The van der Waals surface area contributed by atoms with Gasteiger partial charge in [-0.2, -0.15) is 11.3 Å². The Morgan fingerprint density at radius 2 is 2.12 bits per heavy atom. The molecule has 1 aliphatic carbocycles. The summed E-state index contributed by atoms with van der Waals surface area (Å²) in [7, 11) is 0. The number of hydrogen-bond acceptors (Lipinski definition) is 3. The molecule has 126 valence electrons. The van der Waals surface area contributed by atoms with E-state index >= 15 is 0 Å². The van der Waals surface area contributed by atoms with E-state index in [-0.39, 0.29) is 0 Å². The lowest BCUT2D eigenvalue weighted by atomic mass is 9.78. The Morgan fingerprint density at radius 3 is 2.92 bits per heavy atom. The number of aromatic nitrogens is 2. The number of rotatable bonds is 3. The van der Waals surface area contributed by atoms with Crippen molar-refractivity contribution < 1.29 is 0 Å². The largest absolute Gasteiger partial charge is 0.366 e. The Kier molecular flexibility index (Phi) is 4.27. The van der Waals surface area contributed by atoms with Crippen LogP contribution in [0.15, 0.2) is 35.2 Å². The van der Waals surface area contributed by atoms with Crippen LogP contribution in [0.3, 0.4) is 0 Å². The molecule has 3 atom stereocenters. The predicted octanol–water partition coefficient (Wildman–Crippen LogP) is 5.95. The van der Waals surface area contributed by atoms with Gasteiger partial charge in [-0.15, -0.1) is 0 Å². The number of thiophene rings is 1. The fourth-order valence-electron chi connectivity index (χ4n) is 3.72. The number of pyridine rings is 1. The third-order valence-corrected chi connectivity index (χ3v) is 6.31. The van der Waals surface area contributed by atoms with Gasteiger partial charge >= 0.3 is 0 Å². The molecule has 1 fully saturated rings. The molecule has 24 heavy (non-hydrogen) atoms. The third-order valence-electron chi connectivity index (χ3n) is 5.41. The maximum Gasteiger partial charge on any atom is 0.139 e.